The number of nitrogens with zero attached hydrogens (tertiary/aromatic N) is 3. The maximum atomic E-state index is 13.0. The van der Waals surface area contributed by atoms with Gasteiger partial charge >= 0.3 is 0 Å². The number of aryl methyl sites for hydroxylation is 1. The molecular weight excluding hydrogens is 398 g/mol. The van der Waals surface area contributed by atoms with E-state index in [1.807, 2.05) is 13.0 Å². The molecule has 0 aliphatic heterocycles. The molecule has 0 fully saturated rings. The summed E-state index contributed by atoms with van der Waals surface area (Å²) in [5.41, 5.74) is 2.18. The lowest BCUT2D eigenvalue weighted by Gasteiger charge is -2.20. The molecule has 0 N–H and O–H groups in total. The zero-order valence-electron chi connectivity index (χ0n) is 15.8. The number of ether oxygens (including phenoxy) is 1. The van der Waals surface area contributed by atoms with E-state index in [4.69, 9.17) is 20.9 Å². The molecule has 2 aromatic heterocycles. The van der Waals surface area contributed by atoms with Crippen LogP contribution in [0.2, 0.25) is 5.02 Å². The lowest BCUT2D eigenvalue weighted by Crippen LogP contribution is -2.27. The number of amides is 1. The minimum absolute atomic E-state index is 0.131. The standard InChI is InChI=1S/C20H20ClN3O3S/c1-13-9-16(23-27-13)12-28-19-17(5-4-8-22-19)20(25)24(2)11-14-10-15(21)6-7-18(14)26-3/h4-10H,11-12H2,1-3H3. The third-order valence-electron chi connectivity index (χ3n) is 4.03. The number of thioether (sulfide) groups is 1. The number of rotatable bonds is 7. The number of halogens is 1. The number of aromatic nitrogens is 2. The van der Waals surface area contributed by atoms with Crippen molar-refractivity contribution in [3.8, 4) is 5.75 Å². The van der Waals surface area contributed by atoms with Gasteiger partial charge in [0.25, 0.3) is 5.91 Å². The van der Waals surface area contributed by atoms with Crippen molar-refractivity contribution >= 4 is 29.3 Å². The number of pyridine rings is 1. The molecule has 1 aromatic carbocycles. The van der Waals surface area contributed by atoms with Crippen LogP contribution in [0.3, 0.4) is 0 Å². The van der Waals surface area contributed by atoms with E-state index >= 15 is 0 Å². The lowest BCUT2D eigenvalue weighted by molar-refractivity contribution is 0.0780. The summed E-state index contributed by atoms with van der Waals surface area (Å²) in [6.07, 6.45) is 1.67. The van der Waals surface area contributed by atoms with Crippen molar-refractivity contribution in [2.45, 2.75) is 24.2 Å². The molecule has 3 aromatic rings. The number of carbonyl (C=O) groups is 1. The van der Waals surface area contributed by atoms with E-state index in [1.165, 1.54) is 11.8 Å². The van der Waals surface area contributed by atoms with Gasteiger partial charge in [0.1, 0.15) is 16.5 Å². The number of hydrogen-bond donors (Lipinski definition) is 0. The van der Waals surface area contributed by atoms with E-state index in [-0.39, 0.29) is 5.91 Å². The normalized spacial score (nSPS) is 10.7. The molecule has 0 saturated heterocycles. The van der Waals surface area contributed by atoms with Gasteiger partial charge in [0.05, 0.1) is 18.4 Å². The molecule has 0 saturated carbocycles. The van der Waals surface area contributed by atoms with Gasteiger partial charge in [0.15, 0.2) is 0 Å². The van der Waals surface area contributed by atoms with E-state index < -0.39 is 0 Å². The third kappa shape index (κ3) is 4.85. The van der Waals surface area contributed by atoms with Gasteiger partial charge in [-0.25, -0.2) is 4.98 Å². The Hall–Kier alpha value is -2.51. The predicted molar refractivity (Wildman–Crippen MR) is 109 cm³/mol. The highest BCUT2D eigenvalue weighted by molar-refractivity contribution is 7.98. The summed E-state index contributed by atoms with van der Waals surface area (Å²) < 4.78 is 10.5. The first-order chi connectivity index (χ1) is 13.5. The van der Waals surface area contributed by atoms with Gasteiger partial charge in [-0.15, -0.1) is 0 Å². The Morgan fingerprint density at radius 3 is 2.86 bits per heavy atom. The largest absolute Gasteiger partial charge is 0.496 e. The van der Waals surface area contributed by atoms with Gasteiger partial charge in [0.2, 0.25) is 0 Å². The minimum atomic E-state index is -0.131. The van der Waals surface area contributed by atoms with Gasteiger partial charge in [-0.3, -0.25) is 4.79 Å². The minimum Gasteiger partial charge on any atom is -0.496 e. The fourth-order valence-electron chi connectivity index (χ4n) is 2.70. The summed E-state index contributed by atoms with van der Waals surface area (Å²) in [6, 6.07) is 10.8. The number of benzene rings is 1. The average Bonchev–Trinajstić information content (AvgIpc) is 3.11. The Balaban J connectivity index is 1.75. The molecule has 2 heterocycles. The number of methoxy groups -OCH3 is 1. The van der Waals surface area contributed by atoms with Crippen LogP contribution in [0.15, 0.2) is 52.1 Å². The Morgan fingerprint density at radius 1 is 1.32 bits per heavy atom. The van der Waals surface area contributed by atoms with Crippen LogP contribution in [0, 0.1) is 6.92 Å². The van der Waals surface area contributed by atoms with Crippen LogP contribution in [0.5, 0.6) is 5.75 Å². The van der Waals surface area contributed by atoms with Crippen molar-refractivity contribution in [1.29, 1.82) is 0 Å². The summed E-state index contributed by atoms with van der Waals surface area (Å²) in [5, 5.41) is 5.22. The fraction of sp³-hybridized carbons (Fsp3) is 0.250. The summed E-state index contributed by atoms with van der Waals surface area (Å²) in [5.74, 6) is 1.88. The van der Waals surface area contributed by atoms with Crippen LogP contribution < -0.4 is 4.74 Å². The highest BCUT2D eigenvalue weighted by atomic mass is 35.5. The highest BCUT2D eigenvalue weighted by Crippen LogP contribution is 2.27. The van der Waals surface area contributed by atoms with E-state index in [9.17, 15) is 4.79 Å². The molecule has 0 aliphatic rings. The molecule has 0 aliphatic carbocycles. The first-order valence-corrected chi connectivity index (χ1v) is 9.92. The second-order valence-electron chi connectivity index (χ2n) is 6.19. The Labute approximate surface area is 172 Å². The van der Waals surface area contributed by atoms with Gasteiger partial charge < -0.3 is 14.2 Å². The van der Waals surface area contributed by atoms with Crippen LogP contribution in [-0.4, -0.2) is 35.1 Å². The van der Waals surface area contributed by atoms with Gasteiger partial charge in [-0.2, -0.15) is 0 Å². The monoisotopic (exact) mass is 417 g/mol. The molecule has 0 radical (unpaired) electrons. The molecule has 8 heteroatoms. The van der Waals surface area contributed by atoms with Crippen LogP contribution in [0.4, 0.5) is 0 Å². The smallest absolute Gasteiger partial charge is 0.256 e. The average molecular weight is 418 g/mol. The SMILES string of the molecule is COc1ccc(Cl)cc1CN(C)C(=O)c1cccnc1SCc1cc(C)on1. The first kappa shape index (κ1) is 20.2. The summed E-state index contributed by atoms with van der Waals surface area (Å²) in [6.45, 7) is 2.21. The Kier molecular flexibility index (Phi) is 6.59. The van der Waals surface area contributed by atoms with Crippen LogP contribution in [0.1, 0.15) is 27.4 Å². The van der Waals surface area contributed by atoms with Crippen molar-refractivity contribution in [3.05, 3.63) is 70.2 Å². The second-order valence-corrected chi connectivity index (χ2v) is 7.59. The van der Waals surface area contributed by atoms with E-state index in [1.54, 1.807) is 55.6 Å². The fourth-order valence-corrected chi connectivity index (χ4v) is 3.76. The molecule has 28 heavy (non-hydrogen) atoms. The van der Waals surface area contributed by atoms with Crippen LogP contribution in [-0.2, 0) is 12.3 Å². The maximum Gasteiger partial charge on any atom is 0.256 e. The van der Waals surface area contributed by atoms with Gasteiger partial charge in [0, 0.05) is 42.2 Å². The Bertz CT molecular complexity index is 977. The molecule has 0 spiro atoms. The predicted octanol–water partition coefficient (Wildman–Crippen LogP) is 4.60. The lowest BCUT2D eigenvalue weighted by atomic mass is 10.1. The quantitative estimate of drug-likeness (QED) is 0.523. The molecule has 146 valence electrons. The third-order valence-corrected chi connectivity index (χ3v) is 5.31. The highest BCUT2D eigenvalue weighted by Gasteiger charge is 2.19. The molecule has 0 unspecified atom stereocenters. The van der Waals surface area contributed by atoms with Crippen molar-refractivity contribution < 1.29 is 14.1 Å². The zero-order chi connectivity index (χ0) is 20.1. The van der Waals surface area contributed by atoms with Crippen LogP contribution >= 0.6 is 23.4 Å². The number of hydrogen-bond acceptors (Lipinski definition) is 6. The first-order valence-electron chi connectivity index (χ1n) is 8.56. The summed E-state index contributed by atoms with van der Waals surface area (Å²) in [4.78, 5) is 19.0. The molecule has 0 atom stereocenters. The van der Waals surface area contributed by atoms with E-state index in [0.29, 0.717) is 33.7 Å². The maximum absolute atomic E-state index is 13.0. The van der Waals surface area contributed by atoms with E-state index in [0.717, 1.165) is 17.0 Å². The molecule has 0 bridgehead atoms. The molecule has 6 nitrogen and oxygen atoms in total. The van der Waals surface area contributed by atoms with E-state index in [2.05, 4.69) is 10.1 Å². The second kappa shape index (κ2) is 9.12. The van der Waals surface area contributed by atoms with Gasteiger partial charge in [-0.05, 0) is 37.3 Å². The van der Waals surface area contributed by atoms with Crippen molar-refractivity contribution in [2.24, 2.45) is 0 Å². The Morgan fingerprint density at radius 2 is 2.14 bits per heavy atom. The number of carbonyl (C=O) groups excluding carboxylic acids is 1. The molecule has 1 amide bonds. The zero-order valence-corrected chi connectivity index (χ0v) is 17.4. The van der Waals surface area contributed by atoms with Crippen LogP contribution in [0.25, 0.3) is 0 Å². The van der Waals surface area contributed by atoms with Crippen molar-refractivity contribution in [3.63, 3.8) is 0 Å². The van der Waals surface area contributed by atoms with Gasteiger partial charge in [-0.1, -0.05) is 28.5 Å². The topological polar surface area (TPSA) is 68.5 Å². The molecular formula is C20H20ClN3O3S. The molecule has 3 rings (SSSR count). The summed E-state index contributed by atoms with van der Waals surface area (Å²) in [7, 11) is 3.33. The van der Waals surface area contributed by atoms with Crippen molar-refractivity contribution in [2.75, 3.05) is 14.2 Å². The summed E-state index contributed by atoms with van der Waals surface area (Å²) >= 11 is 7.54. The van der Waals surface area contributed by atoms with Crippen molar-refractivity contribution in [1.82, 2.24) is 15.0 Å².